The zero-order valence-corrected chi connectivity index (χ0v) is 13.6. The fourth-order valence-electron chi connectivity index (χ4n) is 2.04. The van der Waals surface area contributed by atoms with E-state index in [4.69, 9.17) is 10.5 Å². The van der Waals surface area contributed by atoms with E-state index in [2.05, 4.69) is 27.3 Å². The highest BCUT2D eigenvalue weighted by Gasteiger charge is 2.06. The van der Waals surface area contributed by atoms with Crippen molar-refractivity contribution in [2.75, 3.05) is 13.7 Å². The van der Waals surface area contributed by atoms with Gasteiger partial charge in [-0.15, -0.1) is 0 Å². The highest BCUT2D eigenvalue weighted by atomic mass is 79.9. The predicted molar refractivity (Wildman–Crippen MR) is 91.0 cm³/mol. The summed E-state index contributed by atoms with van der Waals surface area (Å²) in [6, 6.07) is 16.0. The van der Waals surface area contributed by atoms with Crippen LogP contribution in [-0.4, -0.2) is 13.7 Å². The number of ether oxygens (including phenoxy) is 1. The summed E-state index contributed by atoms with van der Waals surface area (Å²) in [4.78, 5) is 0. The molecule has 0 atom stereocenters. The lowest BCUT2D eigenvalue weighted by Crippen LogP contribution is -2.07. The Bertz CT molecular complexity index is 626. The van der Waals surface area contributed by atoms with Crippen molar-refractivity contribution in [2.45, 2.75) is 6.42 Å². The van der Waals surface area contributed by atoms with Gasteiger partial charge in [-0.05, 0) is 23.8 Å². The Morgan fingerprint density at radius 3 is 2.67 bits per heavy atom. The van der Waals surface area contributed by atoms with E-state index in [0.29, 0.717) is 12.3 Å². The van der Waals surface area contributed by atoms with Crippen LogP contribution in [0.15, 0.2) is 59.2 Å². The van der Waals surface area contributed by atoms with E-state index in [1.807, 2.05) is 49.5 Å². The molecule has 0 unspecified atom stereocenters. The van der Waals surface area contributed by atoms with Gasteiger partial charge in [-0.25, -0.2) is 0 Å². The predicted octanol–water partition coefficient (Wildman–Crippen LogP) is 3.55. The Morgan fingerprint density at radius 1 is 1.19 bits per heavy atom. The van der Waals surface area contributed by atoms with E-state index in [1.54, 1.807) is 6.20 Å². The molecule has 21 heavy (non-hydrogen) atoms. The molecule has 0 saturated heterocycles. The van der Waals surface area contributed by atoms with Crippen LogP contribution in [0.1, 0.15) is 11.1 Å². The quantitative estimate of drug-likeness (QED) is 0.840. The second-order valence-electron chi connectivity index (χ2n) is 4.57. The first kappa shape index (κ1) is 15.4. The number of para-hydroxylation sites is 1. The first-order valence-electron chi connectivity index (χ1n) is 6.81. The molecule has 4 heteroatoms. The zero-order valence-electron chi connectivity index (χ0n) is 12.0. The smallest absolute Gasteiger partial charge is 0.128 e. The minimum Gasteiger partial charge on any atom is -0.493 e. The summed E-state index contributed by atoms with van der Waals surface area (Å²) in [6.07, 6.45) is 2.60. The second-order valence-corrected chi connectivity index (χ2v) is 5.43. The lowest BCUT2D eigenvalue weighted by molar-refractivity contribution is 0.321. The summed E-state index contributed by atoms with van der Waals surface area (Å²) in [7, 11) is 1.82. The lowest BCUT2D eigenvalue weighted by Gasteiger charge is -2.12. The van der Waals surface area contributed by atoms with Crippen molar-refractivity contribution in [1.82, 2.24) is 5.32 Å². The molecule has 0 bridgehead atoms. The largest absolute Gasteiger partial charge is 0.493 e. The molecule has 3 N–H and O–H groups in total. The van der Waals surface area contributed by atoms with Gasteiger partial charge < -0.3 is 15.8 Å². The van der Waals surface area contributed by atoms with Crippen molar-refractivity contribution >= 4 is 21.6 Å². The van der Waals surface area contributed by atoms with Crippen LogP contribution in [0.25, 0.3) is 5.70 Å². The maximum Gasteiger partial charge on any atom is 0.128 e. The van der Waals surface area contributed by atoms with Crippen molar-refractivity contribution in [3.05, 3.63) is 70.3 Å². The van der Waals surface area contributed by atoms with Crippen LogP contribution in [-0.2, 0) is 6.42 Å². The van der Waals surface area contributed by atoms with E-state index < -0.39 is 0 Å². The van der Waals surface area contributed by atoms with Crippen LogP contribution in [0.2, 0.25) is 0 Å². The fraction of sp³-hybridized carbons (Fsp3) is 0.176. The Balaban J connectivity index is 2.04. The highest BCUT2D eigenvalue weighted by molar-refractivity contribution is 9.10. The Labute approximate surface area is 133 Å². The van der Waals surface area contributed by atoms with Gasteiger partial charge in [0.05, 0.1) is 12.3 Å². The molecule has 2 aromatic rings. The van der Waals surface area contributed by atoms with Gasteiger partial charge in [0.25, 0.3) is 0 Å². The van der Waals surface area contributed by atoms with Crippen molar-refractivity contribution in [1.29, 1.82) is 0 Å². The molecule has 0 aliphatic carbocycles. The van der Waals surface area contributed by atoms with Crippen molar-refractivity contribution < 1.29 is 4.74 Å². The van der Waals surface area contributed by atoms with Crippen LogP contribution >= 0.6 is 15.9 Å². The summed E-state index contributed by atoms with van der Waals surface area (Å²) >= 11 is 3.55. The molecule has 0 amide bonds. The summed E-state index contributed by atoms with van der Waals surface area (Å²) in [5.74, 6) is 0.800. The van der Waals surface area contributed by atoms with Gasteiger partial charge in [0.2, 0.25) is 0 Å². The van der Waals surface area contributed by atoms with Gasteiger partial charge in [0.1, 0.15) is 5.75 Å². The van der Waals surface area contributed by atoms with Crippen molar-refractivity contribution in [3.63, 3.8) is 0 Å². The first-order valence-corrected chi connectivity index (χ1v) is 7.60. The van der Waals surface area contributed by atoms with Gasteiger partial charge in [-0.2, -0.15) is 0 Å². The van der Waals surface area contributed by atoms with E-state index >= 15 is 0 Å². The van der Waals surface area contributed by atoms with Crippen LogP contribution in [0.3, 0.4) is 0 Å². The first-order chi connectivity index (χ1) is 10.2. The molecule has 0 radical (unpaired) electrons. The summed E-state index contributed by atoms with van der Waals surface area (Å²) in [6.45, 7) is 0.604. The standard InChI is InChI=1S/C17H19BrN2O/c1-20-12-16(19)14-7-3-5-9-17(14)21-11-10-13-6-2-4-8-15(13)18/h2-9,12,20H,10-11,19H2,1H3/b16-12-. The molecular weight excluding hydrogens is 328 g/mol. The summed E-state index contributed by atoms with van der Waals surface area (Å²) in [5, 5.41) is 2.93. The van der Waals surface area contributed by atoms with E-state index in [9.17, 15) is 0 Å². The molecule has 0 aliphatic rings. The third-order valence-corrected chi connectivity index (χ3v) is 3.86. The monoisotopic (exact) mass is 346 g/mol. The lowest BCUT2D eigenvalue weighted by atomic mass is 10.1. The van der Waals surface area contributed by atoms with Crippen molar-refractivity contribution in [2.24, 2.45) is 5.73 Å². The molecule has 3 nitrogen and oxygen atoms in total. The van der Waals surface area contributed by atoms with E-state index in [-0.39, 0.29) is 0 Å². The number of nitrogens with two attached hydrogens (primary N) is 1. The molecule has 0 heterocycles. The number of benzene rings is 2. The fourth-order valence-corrected chi connectivity index (χ4v) is 2.52. The van der Waals surface area contributed by atoms with Crippen LogP contribution in [0.4, 0.5) is 0 Å². The van der Waals surface area contributed by atoms with Crippen LogP contribution in [0.5, 0.6) is 5.75 Å². The number of hydrogen-bond acceptors (Lipinski definition) is 3. The average Bonchev–Trinajstić information content (AvgIpc) is 2.50. The van der Waals surface area contributed by atoms with Gasteiger partial charge in [0.15, 0.2) is 0 Å². The van der Waals surface area contributed by atoms with Gasteiger partial charge in [0, 0.05) is 29.7 Å². The summed E-state index contributed by atoms with van der Waals surface area (Å²) in [5.41, 5.74) is 8.82. The van der Waals surface area contributed by atoms with Crippen LogP contribution < -0.4 is 15.8 Å². The zero-order chi connectivity index (χ0) is 15.1. The third kappa shape index (κ3) is 4.26. The number of halogens is 1. The Hall–Kier alpha value is -1.94. The normalized spacial score (nSPS) is 11.2. The summed E-state index contributed by atoms with van der Waals surface area (Å²) < 4.78 is 7.00. The molecule has 0 saturated carbocycles. The molecular formula is C17H19BrN2O. The van der Waals surface area contributed by atoms with Gasteiger partial charge >= 0.3 is 0 Å². The maximum atomic E-state index is 6.02. The molecule has 0 aromatic heterocycles. The van der Waals surface area contributed by atoms with Crippen LogP contribution in [0, 0.1) is 0 Å². The minimum atomic E-state index is 0.604. The molecule has 110 valence electrons. The maximum absolute atomic E-state index is 6.02. The molecule has 0 fully saturated rings. The topological polar surface area (TPSA) is 47.3 Å². The van der Waals surface area contributed by atoms with E-state index in [0.717, 1.165) is 22.2 Å². The second kappa shape index (κ2) is 7.74. The Kier molecular flexibility index (Phi) is 5.69. The molecule has 0 aliphatic heterocycles. The Morgan fingerprint density at radius 2 is 1.90 bits per heavy atom. The number of rotatable bonds is 6. The molecule has 0 spiro atoms. The SMILES string of the molecule is CN/C=C(\N)c1ccccc1OCCc1ccccc1Br. The van der Waals surface area contributed by atoms with Gasteiger partial charge in [-0.1, -0.05) is 46.3 Å². The third-order valence-electron chi connectivity index (χ3n) is 3.08. The highest BCUT2D eigenvalue weighted by Crippen LogP contribution is 2.23. The van der Waals surface area contributed by atoms with E-state index in [1.165, 1.54) is 5.56 Å². The molecule has 2 aromatic carbocycles. The minimum absolute atomic E-state index is 0.604. The molecule has 2 rings (SSSR count). The number of nitrogens with one attached hydrogen (secondary N) is 1. The van der Waals surface area contributed by atoms with Gasteiger partial charge in [-0.3, -0.25) is 0 Å². The average molecular weight is 347 g/mol. The number of hydrogen-bond donors (Lipinski definition) is 2. The van der Waals surface area contributed by atoms with Crippen molar-refractivity contribution in [3.8, 4) is 5.75 Å².